The fourth-order valence-corrected chi connectivity index (χ4v) is 1.43. The van der Waals surface area contributed by atoms with Crippen molar-refractivity contribution in [3.05, 3.63) is 30.3 Å². The van der Waals surface area contributed by atoms with Gasteiger partial charge in [-0.05, 0) is 12.1 Å². The first kappa shape index (κ1) is 8.59. The van der Waals surface area contributed by atoms with Gasteiger partial charge in [0, 0.05) is 11.4 Å². The lowest BCUT2D eigenvalue weighted by Crippen LogP contribution is -2.15. The predicted molar refractivity (Wildman–Crippen MR) is 47.4 cm³/mol. The molecule has 0 amide bonds. The smallest absolute Gasteiger partial charge is 0.116 e. The zero-order valence-electron chi connectivity index (χ0n) is 6.10. The largest absolute Gasteiger partial charge is 0.381 e. The Morgan fingerprint density at radius 3 is 2.55 bits per heavy atom. The van der Waals surface area contributed by atoms with Gasteiger partial charge in [0.25, 0.3) is 0 Å². The summed E-state index contributed by atoms with van der Waals surface area (Å²) in [5, 5.41) is 9.15. The van der Waals surface area contributed by atoms with E-state index >= 15 is 0 Å². The Kier molecular flexibility index (Phi) is 3.42. The molecule has 3 heteroatoms. The maximum absolute atomic E-state index is 9.15. The van der Waals surface area contributed by atoms with Crippen molar-refractivity contribution in [3.63, 3.8) is 0 Å². The highest BCUT2D eigenvalue weighted by atomic mass is 32.2. The second-order valence-corrected chi connectivity index (χ2v) is 3.37. The third-order valence-electron chi connectivity index (χ3n) is 1.22. The highest BCUT2D eigenvalue weighted by Gasteiger charge is 2.01. The molecular formula is C8H11NOS. The van der Waals surface area contributed by atoms with Crippen LogP contribution < -0.4 is 5.73 Å². The molecule has 60 valence electrons. The topological polar surface area (TPSA) is 46.2 Å². The van der Waals surface area contributed by atoms with E-state index in [0.29, 0.717) is 6.54 Å². The standard InChI is InChI=1S/C8H11NOS/c9-6-8(10)11-7-4-2-1-3-5-7/h1-5,8,10H,6,9H2. The van der Waals surface area contributed by atoms with Crippen LogP contribution in [0.4, 0.5) is 0 Å². The number of hydrogen-bond donors (Lipinski definition) is 2. The van der Waals surface area contributed by atoms with Gasteiger partial charge in [-0.2, -0.15) is 0 Å². The summed E-state index contributed by atoms with van der Waals surface area (Å²) >= 11 is 1.37. The third kappa shape index (κ3) is 2.93. The van der Waals surface area contributed by atoms with Gasteiger partial charge in [0.05, 0.1) is 0 Å². The van der Waals surface area contributed by atoms with E-state index in [1.807, 2.05) is 30.3 Å². The summed E-state index contributed by atoms with van der Waals surface area (Å²) in [7, 11) is 0. The van der Waals surface area contributed by atoms with Crippen molar-refractivity contribution in [1.82, 2.24) is 0 Å². The molecule has 1 aromatic carbocycles. The fraction of sp³-hybridized carbons (Fsp3) is 0.250. The van der Waals surface area contributed by atoms with Crippen molar-refractivity contribution >= 4 is 11.8 Å². The molecule has 1 unspecified atom stereocenters. The quantitative estimate of drug-likeness (QED) is 0.525. The average Bonchev–Trinajstić information content (AvgIpc) is 2.06. The molecular weight excluding hydrogens is 158 g/mol. The number of hydrogen-bond acceptors (Lipinski definition) is 3. The molecule has 0 bridgehead atoms. The molecule has 2 nitrogen and oxygen atoms in total. The normalized spacial score (nSPS) is 12.9. The Morgan fingerprint density at radius 2 is 2.00 bits per heavy atom. The SMILES string of the molecule is NCC(O)Sc1ccccc1. The minimum Gasteiger partial charge on any atom is -0.381 e. The van der Waals surface area contributed by atoms with Crippen molar-refractivity contribution < 1.29 is 5.11 Å². The number of aliphatic hydroxyl groups is 1. The summed E-state index contributed by atoms with van der Waals surface area (Å²) in [6, 6.07) is 9.71. The second kappa shape index (κ2) is 4.38. The van der Waals surface area contributed by atoms with Crippen LogP contribution in [0.5, 0.6) is 0 Å². The van der Waals surface area contributed by atoms with Gasteiger partial charge in [-0.1, -0.05) is 30.0 Å². The van der Waals surface area contributed by atoms with E-state index in [9.17, 15) is 0 Å². The number of benzene rings is 1. The molecule has 0 radical (unpaired) electrons. The third-order valence-corrected chi connectivity index (χ3v) is 2.23. The molecule has 0 aromatic heterocycles. The van der Waals surface area contributed by atoms with Crippen LogP contribution in [0.15, 0.2) is 35.2 Å². The van der Waals surface area contributed by atoms with Gasteiger partial charge in [-0.15, -0.1) is 0 Å². The monoisotopic (exact) mass is 169 g/mol. The molecule has 1 aromatic rings. The highest BCUT2D eigenvalue weighted by molar-refractivity contribution is 7.99. The first-order valence-electron chi connectivity index (χ1n) is 3.43. The van der Waals surface area contributed by atoms with Crippen LogP contribution in [0.25, 0.3) is 0 Å². The summed E-state index contributed by atoms with van der Waals surface area (Å²) in [6.45, 7) is 0.291. The molecule has 0 saturated heterocycles. The van der Waals surface area contributed by atoms with E-state index in [1.165, 1.54) is 11.8 Å². The summed E-state index contributed by atoms with van der Waals surface area (Å²) in [6.07, 6.45) is 0. The lowest BCUT2D eigenvalue weighted by Gasteiger charge is -2.05. The van der Waals surface area contributed by atoms with Crippen molar-refractivity contribution in [1.29, 1.82) is 0 Å². The van der Waals surface area contributed by atoms with E-state index < -0.39 is 5.44 Å². The number of rotatable bonds is 3. The van der Waals surface area contributed by atoms with Gasteiger partial charge >= 0.3 is 0 Å². The van der Waals surface area contributed by atoms with Gasteiger partial charge in [0.15, 0.2) is 0 Å². The minimum atomic E-state index is -0.489. The van der Waals surface area contributed by atoms with Crippen LogP contribution >= 0.6 is 11.8 Å². The zero-order valence-corrected chi connectivity index (χ0v) is 6.92. The minimum absolute atomic E-state index is 0.291. The fourth-order valence-electron chi connectivity index (χ4n) is 0.704. The van der Waals surface area contributed by atoms with Crippen molar-refractivity contribution in [2.75, 3.05) is 6.54 Å². The molecule has 3 N–H and O–H groups in total. The Bertz CT molecular complexity index is 203. The zero-order chi connectivity index (χ0) is 8.10. The van der Waals surface area contributed by atoms with Crippen LogP contribution in [0.1, 0.15) is 0 Å². The summed E-state index contributed by atoms with van der Waals surface area (Å²) < 4.78 is 0. The Labute approximate surface area is 70.4 Å². The van der Waals surface area contributed by atoms with Crippen LogP contribution in [0.3, 0.4) is 0 Å². The summed E-state index contributed by atoms with van der Waals surface area (Å²) in [5.41, 5.74) is 4.76. The molecule has 0 aliphatic heterocycles. The van der Waals surface area contributed by atoms with Gasteiger partial charge in [0.2, 0.25) is 0 Å². The molecule has 11 heavy (non-hydrogen) atoms. The maximum Gasteiger partial charge on any atom is 0.116 e. The number of nitrogens with two attached hydrogens (primary N) is 1. The van der Waals surface area contributed by atoms with Gasteiger partial charge in [-0.25, -0.2) is 0 Å². The lowest BCUT2D eigenvalue weighted by atomic mass is 10.4. The van der Waals surface area contributed by atoms with Crippen molar-refractivity contribution in [2.45, 2.75) is 10.3 Å². The molecule has 1 atom stereocenters. The maximum atomic E-state index is 9.15. The average molecular weight is 169 g/mol. The van der Waals surface area contributed by atoms with E-state index in [-0.39, 0.29) is 0 Å². The molecule has 0 fully saturated rings. The van der Waals surface area contributed by atoms with Gasteiger partial charge < -0.3 is 10.8 Å². The van der Waals surface area contributed by atoms with Gasteiger partial charge in [-0.3, -0.25) is 0 Å². The predicted octanol–water partition coefficient (Wildman–Crippen LogP) is 1.06. The molecule has 0 saturated carbocycles. The molecule has 0 aliphatic rings. The van der Waals surface area contributed by atoms with Crippen molar-refractivity contribution in [2.24, 2.45) is 5.73 Å². The van der Waals surface area contributed by atoms with Crippen LogP contribution in [-0.2, 0) is 0 Å². The Balaban J connectivity index is 2.51. The first-order chi connectivity index (χ1) is 5.33. The molecule has 0 aliphatic carbocycles. The Hall–Kier alpha value is -0.510. The number of aliphatic hydroxyl groups excluding tert-OH is 1. The Morgan fingerprint density at radius 1 is 1.36 bits per heavy atom. The summed E-state index contributed by atoms with van der Waals surface area (Å²) in [4.78, 5) is 1.05. The van der Waals surface area contributed by atoms with Crippen LogP contribution in [0, 0.1) is 0 Å². The van der Waals surface area contributed by atoms with E-state index in [1.54, 1.807) is 0 Å². The van der Waals surface area contributed by atoms with E-state index in [4.69, 9.17) is 10.8 Å². The lowest BCUT2D eigenvalue weighted by molar-refractivity contribution is 0.271. The van der Waals surface area contributed by atoms with Crippen LogP contribution in [0.2, 0.25) is 0 Å². The van der Waals surface area contributed by atoms with E-state index in [2.05, 4.69) is 0 Å². The summed E-state index contributed by atoms with van der Waals surface area (Å²) in [5.74, 6) is 0. The second-order valence-electron chi connectivity index (χ2n) is 2.12. The molecule has 0 spiro atoms. The van der Waals surface area contributed by atoms with Crippen LogP contribution in [-0.4, -0.2) is 17.1 Å². The van der Waals surface area contributed by atoms with E-state index in [0.717, 1.165) is 4.90 Å². The number of thioether (sulfide) groups is 1. The van der Waals surface area contributed by atoms with Gasteiger partial charge in [0.1, 0.15) is 5.44 Å². The molecule has 0 heterocycles. The first-order valence-corrected chi connectivity index (χ1v) is 4.30. The van der Waals surface area contributed by atoms with Crippen molar-refractivity contribution in [3.8, 4) is 0 Å². The highest BCUT2D eigenvalue weighted by Crippen LogP contribution is 2.19. The molecule has 1 rings (SSSR count).